The van der Waals surface area contributed by atoms with E-state index >= 15 is 0 Å². The molecule has 0 saturated carbocycles. The number of anilines is 2. The van der Waals surface area contributed by atoms with Gasteiger partial charge >= 0.3 is 0 Å². The number of hydrogen-bond donors (Lipinski definition) is 1. The summed E-state index contributed by atoms with van der Waals surface area (Å²) in [7, 11) is 0. The Bertz CT molecular complexity index is 904. The number of rotatable bonds is 6. The van der Waals surface area contributed by atoms with Crippen molar-refractivity contribution in [3.63, 3.8) is 0 Å². The summed E-state index contributed by atoms with van der Waals surface area (Å²) in [6.45, 7) is 6.21. The molecule has 0 aliphatic carbocycles. The zero-order valence-corrected chi connectivity index (χ0v) is 15.3. The van der Waals surface area contributed by atoms with Gasteiger partial charge in [0.05, 0.1) is 0 Å². The Balaban J connectivity index is 1.69. The van der Waals surface area contributed by atoms with Gasteiger partial charge in [-0.2, -0.15) is 0 Å². The van der Waals surface area contributed by atoms with Crippen molar-refractivity contribution < 1.29 is 4.79 Å². The quantitative estimate of drug-likeness (QED) is 0.612. The second kappa shape index (κ2) is 8.34. The number of fused-ring (bicyclic) bond motifs is 1. The molecule has 0 aliphatic heterocycles. The summed E-state index contributed by atoms with van der Waals surface area (Å²) in [6, 6.07) is 22.2. The van der Waals surface area contributed by atoms with E-state index in [0.717, 1.165) is 29.7 Å². The molecule has 0 aromatic heterocycles. The molecule has 1 amide bonds. The molecular weight excluding hydrogens is 320 g/mol. The lowest BCUT2D eigenvalue weighted by molar-refractivity contribution is -0.111. The van der Waals surface area contributed by atoms with Gasteiger partial charge in [0.25, 0.3) is 0 Å². The Labute approximate surface area is 155 Å². The summed E-state index contributed by atoms with van der Waals surface area (Å²) in [6.07, 6.45) is 3.45. The molecule has 3 nitrogen and oxygen atoms in total. The van der Waals surface area contributed by atoms with Crippen LogP contribution in [-0.4, -0.2) is 19.0 Å². The number of hydrogen-bond acceptors (Lipinski definition) is 2. The Kier molecular flexibility index (Phi) is 5.69. The van der Waals surface area contributed by atoms with Crippen LogP contribution in [0, 0.1) is 0 Å². The molecule has 1 N–H and O–H groups in total. The highest BCUT2D eigenvalue weighted by Crippen LogP contribution is 2.20. The molecular formula is C23H24N2O. The minimum Gasteiger partial charge on any atom is -0.372 e. The maximum absolute atomic E-state index is 12.2. The van der Waals surface area contributed by atoms with Gasteiger partial charge in [0.1, 0.15) is 0 Å². The van der Waals surface area contributed by atoms with Gasteiger partial charge in [0, 0.05) is 30.5 Å². The molecule has 3 rings (SSSR count). The van der Waals surface area contributed by atoms with E-state index in [2.05, 4.69) is 42.3 Å². The summed E-state index contributed by atoms with van der Waals surface area (Å²) < 4.78 is 0. The summed E-state index contributed by atoms with van der Waals surface area (Å²) in [5, 5.41) is 5.23. The molecule has 0 fully saturated rings. The van der Waals surface area contributed by atoms with Gasteiger partial charge < -0.3 is 10.2 Å². The van der Waals surface area contributed by atoms with Crippen LogP contribution in [-0.2, 0) is 4.79 Å². The standard InChI is InChI=1S/C23H24N2O/c1-3-25(4-2)21-15-13-20(14-16-21)24-23(26)17-12-19-10-7-9-18-8-5-6-11-22(18)19/h5-17H,3-4H2,1-2H3,(H,24,26). The lowest BCUT2D eigenvalue weighted by Crippen LogP contribution is -2.21. The third kappa shape index (κ3) is 4.12. The Morgan fingerprint density at radius 2 is 1.62 bits per heavy atom. The Morgan fingerprint density at radius 1 is 0.923 bits per heavy atom. The molecule has 26 heavy (non-hydrogen) atoms. The molecule has 3 aromatic rings. The predicted octanol–water partition coefficient (Wildman–Crippen LogP) is 5.34. The minimum atomic E-state index is -0.131. The number of benzene rings is 3. The van der Waals surface area contributed by atoms with Crippen LogP contribution >= 0.6 is 0 Å². The smallest absolute Gasteiger partial charge is 0.248 e. The molecule has 0 aliphatic rings. The van der Waals surface area contributed by atoms with Gasteiger partial charge in [0.15, 0.2) is 0 Å². The van der Waals surface area contributed by atoms with Crippen LogP contribution in [0.2, 0.25) is 0 Å². The van der Waals surface area contributed by atoms with Gasteiger partial charge in [-0.25, -0.2) is 0 Å². The first kappa shape index (κ1) is 17.7. The van der Waals surface area contributed by atoms with E-state index in [-0.39, 0.29) is 5.91 Å². The van der Waals surface area contributed by atoms with E-state index in [1.807, 2.05) is 54.6 Å². The maximum Gasteiger partial charge on any atom is 0.248 e. The molecule has 132 valence electrons. The van der Waals surface area contributed by atoms with Crippen molar-refractivity contribution in [1.29, 1.82) is 0 Å². The number of nitrogens with zero attached hydrogens (tertiary/aromatic N) is 1. The number of carbonyl (C=O) groups excluding carboxylic acids is 1. The molecule has 0 radical (unpaired) electrons. The fourth-order valence-corrected chi connectivity index (χ4v) is 3.09. The van der Waals surface area contributed by atoms with Crippen LogP contribution < -0.4 is 10.2 Å². The highest BCUT2D eigenvalue weighted by molar-refractivity contribution is 6.03. The lowest BCUT2D eigenvalue weighted by Gasteiger charge is -2.21. The minimum absolute atomic E-state index is 0.131. The van der Waals surface area contributed by atoms with Crippen molar-refractivity contribution in [1.82, 2.24) is 0 Å². The topological polar surface area (TPSA) is 32.3 Å². The average molecular weight is 344 g/mol. The van der Waals surface area contributed by atoms with Gasteiger partial charge in [0.2, 0.25) is 5.91 Å². The van der Waals surface area contributed by atoms with Gasteiger partial charge in [-0.1, -0.05) is 42.5 Å². The van der Waals surface area contributed by atoms with Crippen molar-refractivity contribution >= 4 is 34.1 Å². The second-order valence-corrected chi connectivity index (χ2v) is 6.11. The summed E-state index contributed by atoms with van der Waals surface area (Å²) >= 11 is 0. The number of carbonyl (C=O) groups is 1. The first-order valence-electron chi connectivity index (χ1n) is 9.03. The van der Waals surface area contributed by atoms with Gasteiger partial charge in [-0.15, -0.1) is 0 Å². The van der Waals surface area contributed by atoms with Crippen LogP contribution in [0.3, 0.4) is 0 Å². The van der Waals surface area contributed by atoms with E-state index < -0.39 is 0 Å². The van der Waals surface area contributed by atoms with Crippen molar-refractivity contribution in [2.24, 2.45) is 0 Å². The van der Waals surface area contributed by atoms with Gasteiger partial charge in [-0.05, 0) is 60.5 Å². The zero-order valence-electron chi connectivity index (χ0n) is 15.3. The fraction of sp³-hybridized carbons (Fsp3) is 0.174. The molecule has 0 bridgehead atoms. The molecule has 0 atom stereocenters. The molecule has 0 unspecified atom stereocenters. The van der Waals surface area contributed by atoms with Crippen molar-refractivity contribution in [2.45, 2.75) is 13.8 Å². The molecule has 3 aromatic carbocycles. The predicted molar refractivity (Wildman–Crippen MR) is 112 cm³/mol. The third-order valence-corrected chi connectivity index (χ3v) is 4.50. The largest absolute Gasteiger partial charge is 0.372 e. The molecule has 0 saturated heterocycles. The highest BCUT2D eigenvalue weighted by Gasteiger charge is 2.03. The lowest BCUT2D eigenvalue weighted by atomic mass is 10.0. The molecule has 0 heterocycles. The van der Waals surface area contributed by atoms with E-state index in [0.29, 0.717) is 0 Å². The van der Waals surface area contributed by atoms with Crippen LogP contribution in [0.25, 0.3) is 16.8 Å². The SMILES string of the molecule is CCN(CC)c1ccc(NC(=O)C=Cc2cccc3ccccc23)cc1. The van der Waals surface area contributed by atoms with Crippen molar-refractivity contribution in [3.8, 4) is 0 Å². The van der Waals surface area contributed by atoms with Crippen molar-refractivity contribution in [3.05, 3.63) is 78.4 Å². The third-order valence-electron chi connectivity index (χ3n) is 4.50. The van der Waals surface area contributed by atoms with Crippen LogP contribution in [0.15, 0.2) is 72.8 Å². The first-order chi connectivity index (χ1) is 12.7. The van der Waals surface area contributed by atoms with E-state index in [9.17, 15) is 4.79 Å². The van der Waals surface area contributed by atoms with Crippen molar-refractivity contribution in [2.75, 3.05) is 23.3 Å². The fourth-order valence-electron chi connectivity index (χ4n) is 3.09. The zero-order chi connectivity index (χ0) is 18.4. The Morgan fingerprint density at radius 3 is 2.35 bits per heavy atom. The highest BCUT2D eigenvalue weighted by atomic mass is 16.1. The van der Waals surface area contributed by atoms with E-state index in [1.165, 1.54) is 11.1 Å². The Hall–Kier alpha value is -3.07. The number of amides is 1. The molecule has 3 heteroatoms. The summed E-state index contributed by atoms with van der Waals surface area (Å²) in [5.74, 6) is -0.131. The van der Waals surface area contributed by atoms with E-state index in [4.69, 9.17) is 0 Å². The van der Waals surface area contributed by atoms with E-state index in [1.54, 1.807) is 6.08 Å². The first-order valence-corrected chi connectivity index (χ1v) is 9.03. The van der Waals surface area contributed by atoms with Crippen LogP contribution in [0.5, 0.6) is 0 Å². The molecule has 0 spiro atoms. The average Bonchev–Trinajstić information content (AvgIpc) is 2.68. The van der Waals surface area contributed by atoms with Crippen LogP contribution in [0.4, 0.5) is 11.4 Å². The number of nitrogens with one attached hydrogen (secondary N) is 1. The monoisotopic (exact) mass is 344 g/mol. The normalized spacial score (nSPS) is 11.0. The van der Waals surface area contributed by atoms with Crippen LogP contribution in [0.1, 0.15) is 19.4 Å². The van der Waals surface area contributed by atoms with Gasteiger partial charge in [-0.3, -0.25) is 4.79 Å². The summed E-state index contributed by atoms with van der Waals surface area (Å²) in [4.78, 5) is 14.5. The maximum atomic E-state index is 12.2. The summed E-state index contributed by atoms with van der Waals surface area (Å²) in [5.41, 5.74) is 3.00. The second-order valence-electron chi connectivity index (χ2n) is 6.11.